The van der Waals surface area contributed by atoms with Crippen LogP contribution in [0.25, 0.3) is 0 Å². The van der Waals surface area contributed by atoms with Crippen LogP contribution in [0.5, 0.6) is 23.0 Å². The van der Waals surface area contributed by atoms with Gasteiger partial charge in [-0.1, -0.05) is 41.9 Å². The van der Waals surface area contributed by atoms with Crippen molar-refractivity contribution in [1.82, 2.24) is 5.32 Å². The summed E-state index contributed by atoms with van der Waals surface area (Å²) in [5.74, 6) is 3.03. The van der Waals surface area contributed by atoms with Crippen molar-refractivity contribution in [3.63, 3.8) is 0 Å². The van der Waals surface area contributed by atoms with E-state index in [0.717, 1.165) is 40.5 Å². The van der Waals surface area contributed by atoms with Gasteiger partial charge in [0.2, 0.25) is 6.79 Å². The molecule has 0 unspecified atom stereocenters. The van der Waals surface area contributed by atoms with Crippen molar-refractivity contribution in [2.24, 2.45) is 0 Å². The predicted molar refractivity (Wildman–Crippen MR) is 117 cm³/mol. The van der Waals surface area contributed by atoms with Gasteiger partial charge in [-0.15, -0.1) is 0 Å². The lowest BCUT2D eigenvalue weighted by atomic mass is 10.1. The molecular formula is C24H24Cl2NO4-. The highest BCUT2D eigenvalue weighted by molar-refractivity contribution is 6.31. The Morgan fingerprint density at radius 2 is 1.61 bits per heavy atom. The topological polar surface area (TPSA) is 49.0 Å². The van der Waals surface area contributed by atoms with E-state index in [2.05, 4.69) is 5.32 Å². The van der Waals surface area contributed by atoms with Crippen molar-refractivity contribution in [2.45, 2.75) is 26.6 Å². The molecule has 3 aromatic rings. The summed E-state index contributed by atoms with van der Waals surface area (Å²) >= 11 is 6.22. The molecule has 0 amide bonds. The molecule has 0 bridgehead atoms. The van der Waals surface area contributed by atoms with Gasteiger partial charge in [-0.2, -0.15) is 0 Å². The Hall–Kier alpha value is -2.60. The third-order valence-electron chi connectivity index (χ3n) is 4.74. The van der Waals surface area contributed by atoms with Gasteiger partial charge in [0.15, 0.2) is 23.0 Å². The van der Waals surface area contributed by atoms with Crippen molar-refractivity contribution in [2.75, 3.05) is 13.4 Å². The first-order valence-electron chi connectivity index (χ1n) is 9.94. The van der Waals surface area contributed by atoms with Crippen LogP contribution in [0.2, 0.25) is 5.02 Å². The number of halogens is 2. The van der Waals surface area contributed by atoms with E-state index in [4.69, 9.17) is 30.5 Å². The maximum absolute atomic E-state index is 6.22. The molecule has 1 aliphatic heterocycles. The van der Waals surface area contributed by atoms with Crippen LogP contribution in [0.15, 0.2) is 60.7 Å². The summed E-state index contributed by atoms with van der Waals surface area (Å²) in [6, 6.07) is 19.7. The lowest BCUT2D eigenvalue weighted by molar-refractivity contribution is -0.00000829. The minimum atomic E-state index is 0. The molecule has 5 nitrogen and oxygen atoms in total. The molecule has 7 heteroatoms. The Bertz CT molecular complexity index is 1010. The summed E-state index contributed by atoms with van der Waals surface area (Å²) in [7, 11) is 0. The normalized spacial score (nSPS) is 11.7. The molecule has 3 aromatic carbocycles. The van der Waals surface area contributed by atoms with E-state index in [0.29, 0.717) is 30.5 Å². The van der Waals surface area contributed by atoms with Crippen LogP contribution < -0.4 is 36.7 Å². The molecule has 164 valence electrons. The third-order valence-corrected chi connectivity index (χ3v) is 5.11. The second kappa shape index (κ2) is 11.1. The van der Waals surface area contributed by atoms with Crippen molar-refractivity contribution < 1.29 is 31.4 Å². The summed E-state index contributed by atoms with van der Waals surface area (Å²) < 4.78 is 22.6. The zero-order valence-corrected chi connectivity index (χ0v) is 18.7. The third kappa shape index (κ3) is 5.97. The first-order chi connectivity index (χ1) is 14.7. The molecule has 0 aromatic heterocycles. The summed E-state index contributed by atoms with van der Waals surface area (Å²) in [6.45, 7) is 4.64. The van der Waals surface area contributed by atoms with Gasteiger partial charge in [0.05, 0.1) is 6.61 Å². The number of benzene rings is 3. The standard InChI is InChI=1S/C24H24ClNO4.ClH/c1-2-27-23-11-17(7-9-21(23)28-15-19-5-3-4-6-20(19)25)13-26-14-18-8-10-22-24(12-18)30-16-29-22;/h3-12,26H,2,13-16H2,1H3;1H/p-1. The first-order valence-corrected chi connectivity index (χ1v) is 10.3. The van der Waals surface area contributed by atoms with Crippen molar-refractivity contribution in [1.29, 1.82) is 0 Å². The van der Waals surface area contributed by atoms with Gasteiger partial charge >= 0.3 is 0 Å². The average Bonchev–Trinajstić information content (AvgIpc) is 3.22. The van der Waals surface area contributed by atoms with Gasteiger partial charge in [-0.25, -0.2) is 0 Å². The molecule has 4 rings (SSSR count). The molecule has 31 heavy (non-hydrogen) atoms. The van der Waals surface area contributed by atoms with E-state index in [1.807, 2.05) is 67.6 Å². The fourth-order valence-electron chi connectivity index (χ4n) is 3.22. The largest absolute Gasteiger partial charge is 1.00 e. The average molecular weight is 461 g/mol. The number of hydrogen-bond acceptors (Lipinski definition) is 5. The van der Waals surface area contributed by atoms with E-state index < -0.39 is 0 Å². The summed E-state index contributed by atoms with van der Waals surface area (Å²) in [5, 5.41) is 4.15. The highest BCUT2D eigenvalue weighted by atomic mass is 35.5. The van der Waals surface area contributed by atoms with Gasteiger partial charge in [0.25, 0.3) is 0 Å². The van der Waals surface area contributed by atoms with Gasteiger partial charge < -0.3 is 36.7 Å². The first kappa shape index (κ1) is 23.1. The van der Waals surface area contributed by atoms with Crippen LogP contribution >= 0.6 is 11.6 Å². The molecular weight excluding hydrogens is 437 g/mol. The Balaban J connectivity index is 0.00000272. The highest BCUT2D eigenvalue weighted by Gasteiger charge is 2.13. The Morgan fingerprint density at radius 1 is 0.871 bits per heavy atom. The molecule has 0 fully saturated rings. The lowest BCUT2D eigenvalue weighted by Crippen LogP contribution is -3.00. The molecule has 1 N–H and O–H groups in total. The van der Waals surface area contributed by atoms with Gasteiger partial charge in [-0.3, -0.25) is 0 Å². The summed E-state index contributed by atoms with van der Waals surface area (Å²) in [4.78, 5) is 0. The molecule has 0 radical (unpaired) electrons. The minimum Gasteiger partial charge on any atom is -1.00 e. The zero-order valence-electron chi connectivity index (χ0n) is 17.2. The molecule has 0 atom stereocenters. The number of fused-ring (bicyclic) bond motifs is 1. The Morgan fingerprint density at radius 3 is 2.42 bits per heavy atom. The number of hydrogen-bond donors (Lipinski definition) is 1. The second-order valence-corrected chi connectivity index (χ2v) is 7.29. The molecule has 1 heterocycles. The van der Waals surface area contributed by atoms with E-state index in [1.165, 1.54) is 0 Å². The monoisotopic (exact) mass is 460 g/mol. The van der Waals surface area contributed by atoms with Crippen molar-refractivity contribution in [3.05, 3.63) is 82.4 Å². The maximum atomic E-state index is 6.22. The summed E-state index contributed by atoms with van der Waals surface area (Å²) in [5.41, 5.74) is 3.20. The lowest BCUT2D eigenvalue weighted by Gasteiger charge is -2.14. The zero-order chi connectivity index (χ0) is 20.8. The molecule has 0 saturated heterocycles. The second-order valence-electron chi connectivity index (χ2n) is 6.89. The van der Waals surface area contributed by atoms with Crippen LogP contribution in [0.4, 0.5) is 0 Å². The predicted octanol–water partition coefficient (Wildman–Crippen LogP) is 2.34. The van der Waals surface area contributed by atoms with Crippen molar-refractivity contribution in [3.8, 4) is 23.0 Å². The maximum Gasteiger partial charge on any atom is 0.231 e. The number of rotatable bonds is 9. The molecule has 0 aliphatic carbocycles. The smallest absolute Gasteiger partial charge is 0.231 e. The quantitative estimate of drug-likeness (QED) is 0.530. The number of nitrogens with one attached hydrogen (secondary N) is 1. The molecule has 1 aliphatic rings. The van der Waals surface area contributed by atoms with Gasteiger partial charge in [0.1, 0.15) is 6.61 Å². The van der Waals surface area contributed by atoms with Crippen molar-refractivity contribution >= 4 is 11.6 Å². The van der Waals surface area contributed by atoms with Crippen LogP contribution in [-0.4, -0.2) is 13.4 Å². The molecule has 0 saturated carbocycles. The van der Waals surface area contributed by atoms with E-state index in [1.54, 1.807) is 0 Å². The van der Waals surface area contributed by atoms with E-state index >= 15 is 0 Å². The Labute approximate surface area is 193 Å². The van der Waals surface area contributed by atoms with Crippen LogP contribution in [0.1, 0.15) is 23.6 Å². The SMILES string of the molecule is CCOc1cc(CNCc2ccc3c(c2)OCO3)ccc1OCc1ccccc1Cl.[Cl-]. The van der Waals surface area contributed by atoms with Crippen LogP contribution in [0.3, 0.4) is 0 Å². The fraction of sp³-hybridized carbons (Fsp3) is 0.250. The van der Waals surface area contributed by atoms with Gasteiger partial charge in [-0.05, 0) is 48.4 Å². The van der Waals surface area contributed by atoms with Crippen LogP contribution in [-0.2, 0) is 19.7 Å². The summed E-state index contributed by atoms with van der Waals surface area (Å²) in [6.07, 6.45) is 0. The molecule has 0 spiro atoms. The van der Waals surface area contributed by atoms with Crippen LogP contribution in [0, 0.1) is 0 Å². The van der Waals surface area contributed by atoms with E-state index in [-0.39, 0.29) is 19.2 Å². The Kier molecular flexibility index (Phi) is 8.29. The number of ether oxygens (including phenoxy) is 4. The fourth-order valence-corrected chi connectivity index (χ4v) is 3.41. The highest BCUT2D eigenvalue weighted by Crippen LogP contribution is 2.33. The minimum absolute atomic E-state index is 0. The van der Waals surface area contributed by atoms with E-state index in [9.17, 15) is 0 Å². The van der Waals surface area contributed by atoms with Gasteiger partial charge in [0, 0.05) is 23.7 Å².